The minimum atomic E-state index is -1.78. The first-order valence-electron chi connectivity index (χ1n) is 8.41. The molecule has 25 heavy (non-hydrogen) atoms. The number of amidine groups is 1. The fourth-order valence-electron chi connectivity index (χ4n) is 3.47. The average Bonchev–Trinajstić information content (AvgIpc) is 3.23. The summed E-state index contributed by atoms with van der Waals surface area (Å²) in [6.07, 6.45) is 4.93. The van der Waals surface area contributed by atoms with E-state index in [2.05, 4.69) is 23.6 Å². The van der Waals surface area contributed by atoms with Gasteiger partial charge in [-0.05, 0) is 0 Å². The van der Waals surface area contributed by atoms with Gasteiger partial charge in [0.05, 0.1) is 0 Å². The van der Waals surface area contributed by atoms with E-state index in [-0.39, 0.29) is 5.82 Å². The molecule has 0 saturated carbocycles. The summed E-state index contributed by atoms with van der Waals surface area (Å²) in [7, 11) is 0. The van der Waals surface area contributed by atoms with Gasteiger partial charge in [0.1, 0.15) is 0 Å². The molecule has 0 aromatic heterocycles. The average molecular weight is 452 g/mol. The molecule has 1 unspecified atom stereocenters. The van der Waals surface area contributed by atoms with Gasteiger partial charge >= 0.3 is 153 Å². The van der Waals surface area contributed by atoms with E-state index in [1.54, 1.807) is 12.1 Å². The Balaban J connectivity index is 1.62. The van der Waals surface area contributed by atoms with Crippen molar-refractivity contribution in [1.82, 2.24) is 10.2 Å². The number of hydrogen-bond donors (Lipinski definition) is 1. The summed E-state index contributed by atoms with van der Waals surface area (Å²) in [6, 6.07) is 5.27. The molecule has 4 aliphatic rings. The van der Waals surface area contributed by atoms with E-state index in [9.17, 15) is 4.39 Å². The number of fused-ring (bicyclic) bond motifs is 6. The van der Waals surface area contributed by atoms with Crippen LogP contribution in [0.2, 0.25) is 0 Å². The molecule has 4 aliphatic heterocycles. The molecular formula is C18H18FIN4O. The SMILES string of the molecule is Fc1ccc2cc1C1=C3NC(=N[C@@H]4CCN(CCO2)C4)C=CI3N=C1. The van der Waals surface area contributed by atoms with E-state index < -0.39 is 20.1 Å². The maximum atomic E-state index is 14.5. The molecule has 1 N–H and O–H groups in total. The van der Waals surface area contributed by atoms with E-state index >= 15 is 0 Å². The molecule has 5 rings (SSSR count). The topological polar surface area (TPSA) is 49.2 Å². The molecule has 0 radical (unpaired) electrons. The number of aliphatic imine (C=N–C) groups is 1. The summed E-state index contributed by atoms with van der Waals surface area (Å²) in [5.41, 5.74) is 1.40. The summed E-state index contributed by atoms with van der Waals surface area (Å²) in [5.74, 6) is 1.34. The van der Waals surface area contributed by atoms with Crippen molar-refractivity contribution in [3.8, 4) is 5.75 Å². The molecule has 0 spiro atoms. The van der Waals surface area contributed by atoms with Crippen LogP contribution in [-0.2, 0) is 0 Å². The number of rotatable bonds is 0. The fourth-order valence-corrected chi connectivity index (χ4v) is 7.13. The maximum absolute atomic E-state index is 14.5. The summed E-state index contributed by atoms with van der Waals surface area (Å²) in [4.78, 5) is 7.25. The van der Waals surface area contributed by atoms with Gasteiger partial charge < -0.3 is 0 Å². The predicted molar refractivity (Wildman–Crippen MR) is 106 cm³/mol. The monoisotopic (exact) mass is 452 g/mol. The Bertz CT molecular complexity index is 847. The van der Waals surface area contributed by atoms with Crippen LogP contribution in [-0.4, -0.2) is 49.2 Å². The first-order chi connectivity index (χ1) is 12.3. The zero-order chi connectivity index (χ0) is 16.8. The Labute approximate surface area is 153 Å². The van der Waals surface area contributed by atoms with Gasteiger partial charge in [0.15, 0.2) is 0 Å². The van der Waals surface area contributed by atoms with Gasteiger partial charge in [0.25, 0.3) is 0 Å². The Morgan fingerprint density at radius 1 is 1.32 bits per heavy atom. The van der Waals surface area contributed by atoms with Crippen LogP contribution in [0.5, 0.6) is 5.75 Å². The van der Waals surface area contributed by atoms with Crippen LogP contribution in [0.4, 0.5) is 4.39 Å². The van der Waals surface area contributed by atoms with Crippen LogP contribution in [0, 0.1) is 5.82 Å². The Hall–Kier alpha value is -1.74. The summed E-state index contributed by atoms with van der Waals surface area (Å²) >= 11 is -1.78. The quantitative estimate of drug-likeness (QED) is 0.487. The Morgan fingerprint density at radius 2 is 2.28 bits per heavy atom. The third-order valence-corrected chi connectivity index (χ3v) is 8.64. The first-order valence-corrected chi connectivity index (χ1v) is 11.7. The van der Waals surface area contributed by atoms with Crippen molar-refractivity contribution >= 4 is 37.7 Å². The van der Waals surface area contributed by atoms with Gasteiger partial charge in [0, 0.05) is 0 Å². The van der Waals surface area contributed by atoms with Crippen molar-refractivity contribution in [1.29, 1.82) is 0 Å². The number of nitrogens with zero attached hydrogens (tertiary/aromatic N) is 3. The Morgan fingerprint density at radius 3 is 3.24 bits per heavy atom. The van der Waals surface area contributed by atoms with Crippen LogP contribution in [0.25, 0.3) is 5.57 Å². The van der Waals surface area contributed by atoms with Crippen LogP contribution in [0.1, 0.15) is 12.0 Å². The minimum absolute atomic E-state index is 0.246. The second kappa shape index (κ2) is 6.21. The molecule has 1 saturated heterocycles. The molecule has 1 aromatic carbocycles. The molecule has 6 bridgehead atoms. The van der Waals surface area contributed by atoms with Gasteiger partial charge in [-0.15, -0.1) is 0 Å². The van der Waals surface area contributed by atoms with Crippen LogP contribution in [0.15, 0.2) is 40.3 Å². The second-order valence-electron chi connectivity index (χ2n) is 6.41. The van der Waals surface area contributed by atoms with Crippen molar-refractivity contribution < 1.29 is 9.13 Å². The van der Waals surface area contributed by atoms with E-state index in [1.807, 2.05) is 6.21 Å². The normalized spacial score (nSPS) is 28.4. The first kappa shape index (κ1) is 15.5. The van der Waals surface area contributed by atoms with E-state index in [4.69, 9.17) is 9.73 Å². The standard InChI is InChI=1S/C18H18FIN4O/c19-16-2-1-13-9-14(16)15-10-21-20-5-3-17(23-18(15)20)22-12-4-6-24(11-12)7-8-25-13/h1-3,5,9-10,12H,4,6-8,11H2,(H,22,23)/t12-/m1/s1. The molecule has 7 heteroatoms. The van der Waals surface area contributed by atoms with E-state index in [1.165, 1.54) is 6.07 Å². The number of halogens is 2. The van der Waals surface area contributed by atoms with Gasteiger partial charge in [0.2, 0.25) is 0 Å². The number of allylic oxidation sites excluding steroid dienone is 1. The molecule has 4 heterocycles. The molecule has 1 aromatic rings. The van der Waals surface area contributed by atoms with Crippen molar-refractivity contribution in [2.75, 3.05) is 26.2 Å². The summed E-state index contributed by atoms with van der Waals surface area (Å²) in [5, 5.41) is 3.45. The molecule has 5 nitrogen and oxygen atoms in total. The molecule has 0 aliphatic carbocycles. The van der Waals surface area contributed by atoms with Gasteiger partial charge in [-0.3, -0.25) is 0 Å². The number of nitrogens with one attached hydrogen (secondary N) is 1. The fraction of sp³-hybridized carbons (Fsp3) is 0.333. The molecule has 2 atom stereocenters. The van der Waals surface area contributed by atoms with Crippen LogP contribution in [0.3, 0.4) is 0 Å². The molecular weight excluding hydrogens is 434 g/mol. The van der Waals surface area contributed by atoms with E-state index in [0.717, 1.165) is 41.2 Å². The zero-order valence-corrected chi connectivity index (χ0v) is 15.7. The zero-order valence-electron chi connectivity index (χ0n) is 13.6. The van der Waals surface area contributed by atoms with Gasteiger partial charge in [-0.1, -0.05) is 0 Å². The Kier molecular flexibility index (Phi) is 3.85. The predicted octanol–water partition coefficient (Wildman–Crippen LogP) is 2.98. The number of ether oxygens (including phenoxy) is 1. The third kappa shape index (κ3) is 2.89. The molecule has 0 amide bonds. The third-order valence-electron chi connectivity index (χ3n) is 4.76. The van der Waals surface area contributed by atoms with Gasteiger partial charge in [-0.2, -0.15) is 0 Å². The summed E-state index contributed by atoms with van der Waals surface area (Å²) < 4.78 is 28.2. The van der Waals surface area contributed by atoms with Crippen molar-refractivity contribution in [2.45, 2.75) is 12.5 Å². The number of hydrogen-bond acceptors (Lipinski definition) is 5. The van der Waals surface area contributed by atoms with E-state index in [0.29, 0.717) is 24.0 Å². The van der Waals surface area contributed by atoms with Gasteiger partial charge in [-0.25, -0.2) is 0 Å². The summed E-state index contributed by atoms with van der Waals surface area (Å²) in [6.45, 7) is 3.47. The number of benzene rings is 1. The van der Waals surface area contributed by atoms with Crippen molar-refractivity contribution in [3.05, 3.63) is 43.4 Å². The molecule has 1 fully saturated rings. The van der Waals surface area contributed by atoms with Crippen molar-refractivity contribution in [3.63, 3.8) is 0 Å². The second-order valence-corrected chi connectivity index (χ2v) is 10.4. The van der Waals surface area contributed by atoms with Crippen molar-refractivity contribution in [2.24, 2.45) is 8.20 Å². The molecule has 130 valence electrons. The van der Waals surface area contributed by atoms with Crippen LogP contribution >= 0.6 is 20.1 Å². The van der Waals surface area contributed by atoms with Crippen LogP contribution < -0.4 is 10.1 Å².